The molecule has 1 fully saturated rings. The van der Waals surface area contributed by atoms with Crippen LogP contribution >= 0.6 is 0 Å². The zero-order chi connectivity index (χ0) is 13.2. The van der Waals surface area contributed by atoms with Gasteiger partial charge in [0, 0.05) is 24.3 Å². The zero-order valence-electron chi connectivity index (χ0n) is 10.3. The summed E-state index contributed by atoms with van der Waals surface area (Å²) in [5.74, 6) is 0.313. The van der Waals surface area contributed by atoms with E-state index in [2.05, 4.69) is 10.5 Å². The number of anilines is 2. The summed E-state index contributed by atoms with van der Waals surface area (Å²) in [6, 6.07) is 7.79. The predicted molar refractivity (Wildman–Crippen MR) is 71.6 cm³/mol. The van der Waals surface area contributed by atoms with Gasteiger partial charge < -0.3 is 20.5 Å². The van der Waals surface area contributed by atoms with Crippen LogP contribution in [-0.4, -0.2) is 30.7 Å². The number of nitrogens with two attached hydrogens (primary N) is 1. The molecule has 1 aliphatic heterocycles. The number of carbonyl (C=O) groups is 1. The van der Waals surface area contributed by atoms with Crippen molar-refractivity contribution in [2.45, 2.75) is 0 Å². The van der Waals surface area contributed by atoms with Gasteiger partial charge in [0.1, 0.15) is 0 Å². The molecule has 3 rings (SSSR count). The van der Waals surface area contributed by atoms with Crippen LogP contribution < -0.4 is 16.0 Å². The van der Waals surface area contributed by atoms with E-state index in [0.717, 1.165) is 23.4 Å². The second-order valence-corrected chi connectivity index (χ2v) is 4.39. The fraction of sp³-hybridized carbons (Fsp3) is 0.231. The van der Waals surface area contributed by atoms with Crippen molar-refractivity contribution < 1.29 is 9.32 Å². The lowest BCUT2D eigenvalue weighted by Crippen LogP contribution is -2.47. The van der Waals surface area contributed by atoms with Crippen LogP contribution in [0.15, 0.2) is 35.0 Å². The average molecular weight is 258 g/mol. The average Bonchev–Trinajstić information content (AvgIpc) is 2.85. The maximum Gasteiger partial charge on any atom is 0.239 e. The molecule has 2 aromatic rings. The van der Waals surface area contributed by atoms with Gasteiger partial charge in [-0.2, -0.15) is 0 Å². The van der Waals surface area contributed by atoms with E-state index in [1.54, 1.807) is 6.20 Å². The van der Waals surface area contributed by atoms with E-state index in [9.17, 15) is 4.79 Å². The van der Waals surface area contributed by atoms with E-state index >= 15 is 0 Å². The summed E-state index contributed by atoms with van der Waals surface area (Å²) in [6.45, 7) is 1.77. The Bertz CT molecular complexity index is 608. The second kappa shape index (κ2) is 4.64. The summed E-state index contributed by atoms with van der Waals surface area (Å²) >= 11 is 0. The first-order chi connectivity index (χ1) is 9.25. The highest BCUT2D eigenvalue weighted by Gasteiger charge is 2.20. The molecule has 1 saturated heterocycles. The summed E-state index contributed by atoms with van der Waals surface area (Å²) in [6.07, 6.45) is 1.60. The summed E-state index contributed by atoms with van der Waals surface area (Å²) < 4.78 is 4.91. The second-order valence-electron chi connectivity index (χ2n) is 4.39. The molecule has 1 amide bonds. The maximum atomic E-state index is 11.5. The van der Waals surface area contributed by atoms with Gasteiger partial charge in [-0.05, 0) is 6.07 Å². The largest absolute Gasteiger partial charge is 0.367 e. The third-order valence-electron chi connectivity index (χ3n) is 3.17. The quantitative estimate of drug-likeness (QED) is 0.834. The van der Waals surface area contributed by atoms with E-state index in [-0.39, 0.29) is 11.8 Å². The molecule has 6 heteroatoms. The highest BCUT2D eigenvalue weighted by molar-refractivity contribution is 5.88. The number of rotatable bonds is 2. The van der Waals surface area contributed by atoms with E-state index in [1.807, 2.05) is 29.2 Å². The molecule has 19 heavy (non-hydrogen) atoms. The van der Waals surface area contributed by atoms with E-state index < -0.39 is 0 Å². The molecule has 6 nitrogen and oxygen atoms in total. The summed E-state index contributed by atoms with van der Waals surface area (Å²) in [5.41, 5.74) is 8.41. The molecule has 0 bridgehead atoms. The van der Waals surface area contributed by atoms with Crippen LogP contribution in [0.2, 0.25) is 0 Å². The third kappa shape index (κ3) is 2.12. The van der Waals surface area contributed by atoms with Crippen LogP contribution in [0.5, 0.6) is 0 Å². The highest BCUT2D eigenvalue weighted by Crippen LogP contribution is 2.34. The molecule has 0 radical (unpaired) electrons. The Hall–Kier alpha value is -2.50. The Morgan fingerprint density at radius 1 is 1.32 bits per heavy atom. The van der Waals surface area contributed by atoms with Crippen molar-refractivity contribution in [1.29, 1.82) is 0 Å². The summed E-state index contributed by atoms with van der Waals surface area (Å²) in [4.78, 5) is 13.5. The Labute approximate surface area is 110 Å². The minimum Gasteiger partial charge on any atom is -0.367 e. The lowest BCUT2D eigenvalue weighted by Gasteiger charge is -2.30. The number of nitrogens with one attached hydrogen (secondary N) is 1. The van der Waals surface area contributed by atoms with Gasteiger partial charge in [0.05, 0.1) is 18.3 Å². The topological polar surface area (TPSA) is 84.4 Å². The smallest absolute Gasteiger partial charge is 0.239 e. The lowest BCUT2D eigenvalue weighted by molar-refractivity contribution is -0.120. The lowest BCUT2D eigenvalue weighted by atomic mass is 10.1. The fourth-order valence-corrected chi connectivity index (χ4v) is 2.27. The van der Waals surface area contributed by atoms with Gasteiger partial charge in [0.15, 0.2) is 0 Å². The van der Waals surface area contributed by atoms with Crippen molar-refractivity contribution in [2.75, 3.05) is 30.3 Å². The van der Waals surface area contributed by atoms with E-state index in [0.29, 0.717) is 13.1 Å². The minimum absolute atomic E-state index is 0.0272. The molecule has 0 spiro atoms. The van der Waals surface area contributed by atoms with E-state index in [4.69, 9.17) is 10.3 Å². The fourth-order valence-electron chi connectivity index (χ4n) is 2.27. The normalized spacial score (nSPS) is 15.4. The summed E-state index contributed by atoms with van der Waals surface area (Å²) in [5, 5.41) is 6.51. The third-order valence-corrected chi connectivity index (χ3v) is 3.17. The molecule has 1 aliphatic rings. The molecule has 0 aliphatic carbocycles. The van der Waals surface area contributed by atoms with Crippen LogP contribution in [0, 0.1) is 0 Å². The number of hydrogen-bond acceptors (Lipinski definition) is 5. The summed E-state index contributed by atoms with van der Waals surface area (Å²) in [7, 11) is 0. The Balaban J connectivity index is 2.02. The van der Waals surface area contributed by atoms with Gasteiger partial charge in [-0.25, -0.2) is 0 Å². The van der Waals surface area contributed by atoms with Gasteiger partial charge in [-0.1, -0.05) is 23.4 Å². The van der Waals surface area contributed by atoms with Crippen LogP contribution in [0.3, 0.4) is 0 Å². The van der Waals surface area contributed by atoms with Gasteiger partial charge in [-0.15, -0.1) is 0 Å². The molecule has 1 aromatic carbocycles. The number of hydrogen-bond donors (Lipinski definition) is 2. The van der Waals surface area contributed by atoms with Gasteiger partial charge in [-0.3, -0.25) is 4.79 Å². The highest BCUT2D eigenvalue weighted by atomic mass is 16.5. The van der Waals surface area contributed by atoms with Crippen LogP contribution in [-0.2, 0) is 4.79 Å². The molecule has 3 N–H and O–H groups in total. The molecular weight excluding hydrogens is 244 g/mol. The predicted octanol–water partition coefficient (Wildman–Crippen LogP) is 0.860. The van der Waals surface area contributed by atoms with Crippen LogP contribution in [0.4, 0.5) is 11.6 Å². The molecule has 0 unspecified atom stereocenters. The first-order valence-corrected chi connectivity index (χ1v) is 6.07. The first-order valence-electron chi connectivity index (χ1n) is 6.07. The van der Waals surface area contributed by atoms with Gasteiger partial charge in [0.2, 0.25) is 11.8 Å². The van der Waals surface area contributed by atoms with Crippen molar-refractivity contribution in [2.24, 2.45) is 0 Å². The molecule has 2 heterocycles. The first kappa shape index (κ1) is 11.6. The molecule has 98 valence electrons. The maximum absolute atomic E-state index is 11.5. The van der Waals surface area contributed by atoms with Crippen molar-refractivity contribution in [3.8, 4) is 11.1 Å². The SMILES string of the molecule is Nc1oncc1-c1ccccc1N1CCNC(=O)C1. The number of piperazine rings is 1. The van der Waals surface area contributed by atoms with Crippen LogP contribution in [0.1, 0.15) is 0 Å². The van der Waals surface area contributed by atoms with Crippen LogP contribution in [0.25, 0.3) is 11.1 Å². The van der Waals surface area contributed by atoms with Gasteiger partial charge >= 0.3 is 0 Å². The monoisotopic (exact) mass is 258 g/mol. The van der Waals surface area contributed by atoms with Crippen molar-refractivity contribution in [3.63, 3.8) is 0 Å². The Morgan fingerprint density at radius 2 is 2.16 bits per heavy atom. The minimum atomic E-state index is 0.0272. The number of nitrogens with zero attached hydrogens (tertiary/aromatic N) is 2. The Morgan fingerprint density at radius 3 is 2.89 bits per heavy atom. The standard InChI is InChI=1S/C13H14N4O2/c14-13-10(7-16-19-13)9-3-1-2-4-11(9)17-6-5-15-12(18)8-17/h1-4,7H,5-6,8,14H2,(H,15,18). The van der Waals surface area contributed by atoms with Crippen molar-refractivity contribution in [1.82, 2.24) is 10.5 Å². The van der Waals surface area contributed by atoms with Crippen molar-refractivity contribution >= 4 is 17.5 Å². The number of nitrogen functional groups attached to an aromatic ring is 1. The molecule has 1 aromatic heterocycles. The number of para-hydroxylation sites is 1. The number of benzene rings is 1. The van der Waals surface area contributed by atoms with Gasteiger partial charge in [0.25, 0.3) is 0 Å². The Kier molecular flexibility index (Phi) is 2.83. The van der Waals surface area contributed by atoms with E-state index in [1.165, 1.54) is 0 Å². The number of carbonyl (C=O) groups excluding carboxylic acids is 1. The molecule has 0 saturated carbocycles. The zero-order valence-corrected chi connectivity index (χ0v) is 10.3. The number of amides is 1. The van der Waals surface area contributed by atoms with Crippen molar-refractivity contribution in [3.05, 3.63) is 30.5 Å². The molecule has 0 atom stereocenters. The molecular formula is C13H14N4O2. The number of aromatic nitrogens is 1.